The lowest BCUT2D eigenvalue weighted by molar-refractivity contribution is -0.137. The number of anilines is 3. The number of nitrogens with one attached hydrogen (secondary N) is 1. The van der Waals surface area contributed by atoms with Crippen LogP contribution in [0.1, 0.15) is 29.8 Å². The Bertz CT molecular complexity index is 980. The van der Waals surface area contributed by atoms with Crippen molar-refractivity contribution in [3.05, 3.63) is 41.2 Å². The second-order valence-electron chi connectivity index (χ2n) is 8.53. The number of carbonyl (C=O) groups excluding carboxylic acids is 1. The van der Waals surface area contributed by atoms with Gasteiger partial charge in [0.05, 0.1) is 30.2 Å². The Morgan fingerprint density at radius 1 is 1.00 bits per heavy atom. The van der Waals surface area contributed by atoms with Crippen molar-refractivity contribution in [1.82, 2.24) is 9.97 Å². The summed E-state index contributed by atoms with van der Waals surface area (Å²) >= 11 is 0. The molecule has 0 saturated carbocycles. The molecule has 178 valence electrons. The minimum absolute atomic E-state index is 0.191. The molecule has 2 saturated heterocycles. The third-order valence-electron chi connectivity index (χ3n) is 6.05. The molecule has 7 nitrogen and oxygen atoms in total. The van der Waals surface area contributed by atoms with Gasteiger partial charge in [0, 0.05) is 43.5 Å². The van der Waals surface area contributed by atoms with Gasteiger partial charge in [0.15, 0.2) is 0 Å². The highest BCUT2D eigenvalue weighted by Crippen LogP contribution is 2.36. The first-order valence-corrected chi connectivity index (χ1v) is 11.1. The maximum atomic E-state index is 13.3. The van der Waals surface area contributed by atoms with Crippen LogP contribution in [-0.2, 0) is 15.7 Å². The van der Waals surface area contributed by atoms with Crippen LogP contribution in [0, 0.1) is 19.8 Å². The summed E-state index contributed by atoms with van der Waals surface area (Å²) in [5.74, 6) is 0.0999. The molecule has 1 aromatic heterocycles. The molecule has 0 radical (unpaired) electrons. The summed E-state index contributed by atoms with van der Waals surface area (Å²) in [7, 11) is 0. The lowest BCUT2D eigenvalue weighted by atomic mass is 9.96. The van der Waals surface area contributed by atoms with Crippen LogP contribution in [0.2, 0.25) is 0 Å². The molecule has 3 heterocycles. The van der Waals surface area contributed by atoms with E-state index in [9.17, 15) is 18.0 Å². The number of morpholine rings is 1. The van der Waals surface area contributed by atoms with Gasteiger partial charge in [-0.3, -0.25) is 4.79 Å². The molecule has 2 aromatic rings. The van der Waals surface area contributed by atoms with Gasteiger partial charge < -0.3 is 19.9 Å². The van der Waals surface area contributed by atoms with Crippen molar-refractivity contribution in [2.24, 2.45) is 5.92 Å². The van der Waals surface area contributed by atoms with Gasteiger partial charge in [0.25, 0.3) is 0 Å². The van der Waals surface area contributed by atoms with E-state index in [1.54, 1.807) is 0 Å². The van der Waals surface area contributed by atoms with Crippen LogP contribution in [-0.4, -0.2) is 55.3 Å². The smallest absolute Gasteiger partial charge is 0.378 e. The van der Waals surface area contributed by atoms with Crippen LogP contribution < -0.4 is 15.1 Å². The van der Waals surface area contributed by atoms with Gasteiger partial charge in [0.2, 0.25) is 11.9 Å². The van der Waals surface area contributed by atoms with Gasteiger partial charge in [-0.1, -0.05) is 0 Å². The highest BCUT2D eigenvalue weighted by Gasteiger charge is 2.33. The van der Waals surface area contributed by atoms with Crippen molar-refractivity contribution in [3.63, 3.8) is 0 Å². The van der Waals surface area contributed by atoms with E-state index < -0.39 is 11.7 Å². The Morgan fingerprint density at radius 2 is 1.64 bits per heavy atom. The Hall–Kier alpha value is -2.88. The first kappa shape index (κ1) is 23.3. The third-order valence-corrected chi connectivity index (χ3v) is 6.05. The number of aryl methyl sites for hydroxylation is 2. The molecule has 10 heteroatoms. The fourth-order valence-corrected chi connectivity index (χ4v) is 4.32. The molecule has 1 N–H and O–H groups in total. The molecule has 1 amide bonds. The minimum Gasteiger partial charge on any atom is -0.378 e. The summed E-state index contributed by atoms with van der Waals surface area (Å²) in [5, 5.41) is 2.79. The number of amides is 1. The first-order chi connectivity index (χ1) is 15.7. The number of halogens is 3. The summed E-state index contributed by atoms with van der Waals surface area (Å²) in [6.07, 6.45) is -3.33. The molecule has 0 bridgehead atoms. The van der Waals surface area contributed by atoms with Gasteiger partial charge in [-0.15, -0.1) is 0 Å². The van der Waals surface area contributed by atoms with Crippen molar-refractivity contribution in [2.75, 3.05) is 54.5 Å². The third kappa shape index (κ3) is 5.55. The Balaban J connectivity index is 1.47. The quantitative estimate of drug-likeness (QED) is 0.744. The number of ether oxygens (including phenoxy) is 1. The van der Waals surface area contributed by atoms with E-state index in [2.05, 4.69) is 15.3 Å². The maximum Gasteiger partial charge on any atom is 0.416 e. The fourth-order valence-electron chi connectivity index (χ4n) is 4.32. The van der Waals surface area contributed by atoms with Gasteiger partial charge in [-0.2, -0.15) is 13.2 Å². The zero-order chi connectivity index (χ0) is 23.6. The number of carbonyl (C=O) groups is 1. The Labute approximate surface area is 191 Å². The summed E-state index contributed by atoms with van der Waals surface area (Å²) in [5.41, 5.74) is 1.77. The summed E-state index contributed by atoms with van der Waals surface area (Å²) in [6, 6.07) is 5.43. The molecular weight excluding hydrogens is 435 g/mol. The molecule has 2 fully saturated rings. The number of aromatic nitrogens is 2. The van der Waals surface area contributed by atoms with E-state index >= 15 is 0 Å². The topological polar surface area (TPSA) is 70.6 Å². The van der Waals surface area contributed by atoms with Crippen LogP contribution in [0.4, 0.5) is 30.5 Å². The van der Waals surface area contributed by atoms with Crippen LogP contribution in [0.15, 0.2) is 24.3 Å². The fraction of sp³-hybridized carbons (Fsp3) is 0.522. The molecular formula is C23H28F3N5O2. The molecule has 1 aromatic carbocycles. The molecule has 2 aliphatic rings. The minimum atomic E-state index is -4.49. The monoisotopic (exact) mass is 463 g/mol. The van der Waals surface area contributed by atoms with E-state index in [0.717, 1.165) is 23.5 Å². The van der Waals surface area contributed by atoms with Crippen molar-refractivity contribution in [3.8, 4) is 0 Å². The SMILES string of the molecule is Cc1cc(C)nc(N2CCC(C(=O)Nc3cc(C(F)(F)F)ccc3N3CCOCC3)CC2)n1. The van der Waals surface area contributed by atoms with Crippen molar-refractivity contribution in [1.29, 1.82) is 0 Å². The average molecular weight is 464 g/mol. The second kappa shape index (κ2) is 9.54. The highest BCUT2D eigenvalue weighted by molar-refractivity contribution is 5.96. The number of benzene rings is 1. The normalized spacial score (nSPS) is 17.8. The standard InChI is InChI=1S/C23H28F3N5O2/c1-15-13-16(2)28-22(27-15)31-7-5-17(6-8-31)21(32)29-19-14-18(23(24,25)26)3-4-20(19)30-9-11-33-12-10-30/h3-4,13-14,17H,5-12H2,1-2H3,(H,29,32). The number of hydrogen-bond acceptors (Lipinski definition) is 6. The molecule has 0 atom stereocenters. The summed E-state index contributed by atoms with van der Waals surface area (Å²) < 4.78 is 45.3. The van der Waals surface area contributed by atoms with Gasteiger partial charge in [-0.25, -0.2) is 9.97 Å². The number of rotatable bonds is 4. The van der Waals surface area contributed by atoms with E-state index in [1.807, 2.05) is 29.7 Å². The zero-order valence-electron chi connectivity index (χ0n) is 18.8. The lowest BCUT2D eigenvalue weighted by Gasteiger charge is -2.33. The van der Waals surface area contributed by atoms with Gasteiger partial charge in [-0.05, 0) is 51.0 Å². The predicted molar refractivity (Wildman–Crippen MR) is 120 cm³/mol. The predicted octanol–water partition coefficient (Wildman–Crippen LogP) is 3.80. The molecule has 33 heavy (non-hydrogen) atoms. The summed E-state index contributed by atoms with van der Waals surface area (Å²) in [4.78, 5) is 26.0. The van der Waals surface area contributed by atoms with E-state index in [-0.39, 0.29) is 17.5 Å². The second-order valence-corrected chi connectivity index (χ2v) is 8.53. The van der Waals surface area contributed by atoms with Gasteiger partial charge in [0.1, 0.15) is 0 Å². The Kier molecular flexibility index (Phi) is 6.73. The molecule has 0 aliphatic carbocycles. The van der Waals surface area contributed by atoms with E-state index in [4.69, 9.17) is 4.74 Å². The molecule has 2 aliphatic heterocycles. The molecule has 0 spiro atoms. The largest absolute Gasteiger partial charge is 0.416 e. The number of piperidine rings is 1. The van der Waals surface area contributed by atoms with Crippen LogP contribution in [0.25, 0.3) is 0 Å². The van der Waals surface area contributed by atoms with Crippen LogP contribution in [0.3, 0.4) is 0 Å². The van der Waals surface area contributed by atoms with E-state index in [1.165, 1.54) is 6.07 Å². The zero-order valence-corrected chi connectivity index (χ0v) is 18.8. The van der Waals surface area contributed by atoms with Crippen molar-refractivity contribution in [2.45, 2.75) is 32.9 Å². The van der Waals surface area contributed by atoms with Crippen molar-refractivity contribution < 1.29 is 22.7 Å². The highest BCUT2D eigenvalue weighted by atomic mass is 19.4. The Morgan fingerprint density at radius 3 is 2.24 bits per heavy atom. The van der Waals surface area contributed by atoms with Crippen molar-refractivity contribution >= 4 is 23.2 Å². The first-order valence-electron chi connectivity index (χ1n) is 11.1. The van der Waals surface area contributed by atoms with Crippen LogP contribution >= 0.6 is 0 Å². The number of nitrogens with zero attached hydrogens (tertiary/aromatic N) is 4. The van der Waals surface area contributed by atoms with Crippen LogP contribution in [0.5, 0.6) is 0 Å². The molecule has 4 rings (SSSR count). The average Bonchev–Trinajstić information content (AvgIpc) is 2.78. The molecule has 0 unspecified atom stereocenters. The van der Waals surface area contributed by atoms with Gasteiger partial charge >= 0.3 is 6.18 Å². The summed E-state index contributed by atoms with van der Waals surface area (Å²) in [6.45, 7) is 7.16. The lowest BCUT2D eigenvalue weighted by Crippen LogP contribution is -2.40. The number of hydrogen-bond donors (Lipinski definition) is 1. The maximum absolute atomic E-state index is 13.3. The number of alkyl halides is 3. The van der Waals surface area contributed by atoms with E-state index in [0.29, 0.717) is 63.9 Å².